The van der Waals surface area contributed by atoms with Crippen LogP contribution in [0.5, 0.6) is 11.5 Å². The van der Waals surface area contributed by atoms with Crippen LogP contribution in [0.4, 0.5) is 0 Å². The zero-order chi connectivity index (χ0) is 15.9. The third kappa shape index (κ3) is 4.52. The smallest absolute Gasteiger partial charge is 0.117 e. The maximum absolute atomic E-state index is 9.42. The van der Waals surface area contributed by atoms with Gasteiger partial charge in [-0.2, -0.15) is 0 Å². The fourth-order valence-corrected chi connectivity index (χ4v) is 1.91. The van der Waals surface area contributed by atoms with Gasteiger partial charge in [-0.15, -0.1) is 0 Å². The second-order valence-electron chi connectivity index (χ2n) is 5.55. The number of benzene rings is 2. The lowest BCUT2D eigenvalue weighted by molar-refractivity contribution is 0.133. The van der Waals surface area contributed by atoms with E-state index in [1.165, 1.54) is 0 Å². The van der Waals surface area contributed by atoms with Gasteiger partial charge < -0.3 is 15.1 Å². The van der Waals surface area contributed by atoms with Gasteiger partial charge in [-0.25, -0.2) is 0 Å². The zero-order valence-corrected chi connectivity index (χ0v) is 12.9. The first-order chi connectivity index (χ1) is 10.6. The lowest BCUT2D eigenvalue weighted by atomic mass is 10.0. The van der Waals surface area contributed by atoms with Gasteiger partial charge in [0, 0.05) is 11.1 Å². The van der Waals surface area contributed by atoms with E-state index < -0.39 is 0 Å². The largest absolute Gasteiger partial charge is 0.508 e. The Morgan fingerprint density at radius 2 is 1.36 bits per heavy atom. The van der Waals surface area contributed by atoms with Gasteiger partial charge in [0.15, 0.2) is 0 Å². The summed E-state index contributed by atoms with van der Waals surface area (Å²) in [5.74, 6) is 0.963. The van der Waals surface area contributed by atoms with Crippen LogP contribution in [0, 0.1) is 5.92 Å². The van der Waals surface area contributed by atoms with Crippen LogP contribution in [0.3, 0.4) is 0 Å². The summed E-state index contributed by atoms with van der Waals surface area (Å²) in [5.41, 5.74) is 2.35. The van der Waals surface area contributed by atoms with Gasteiger partial charge >= 0.3 is 0 Å². The van der Waals surface area contributed by atoms with Gasteiger partial charge in [0.05, 0.1) is 0 Å². The molecule has 0 aliphatic carbocycles. The summed E-state index contributed by atoms with van der Waals surface area (Å²) in [6.45, 7) is 4.82. The Kier molecular flexibility index (Phi) is 5.42. The predicted molar refractivity (Wildman–Crippen MR) is 87.3 cm³/mol. The van der Waals surface area contributed by atoms with Crippen molar-refractivity contribution < 1.29 is 15.1 Å². The summed E-state index contributed by atoms with van der Waals surface area (Å²) >= 11 is 0. The second-order valence-corrected chi connectivity index (χ2v) is 5.55. The molecule has 0 aromatic heterocycles. The molecule has 0 radical (unpaired) electrons. The lowest BCUT2D eigenvalue weighted by Gasteiger charge is -2.09. The van der Waals surface area contributed by atoms with E-state index in [1.807, 2.05) is 0 Å². The molecule has 2 rings (SSSR count). The first kappa shape index (κ1) is 15.9. The first-order valence-corrected chi connectivity index (χ1v) is 7.35. The number of hydrogen-bond acceptors (Lipinski definition) is 4. The number of phenols is 2. The minimum atomic E-state index is 0.203. The number of rotatable bonds is 6. The van der Waals surface area contributed by atoms with E-state index in [0.29, 0.717) is 18.2 Å². The number of oxime groups is 1. The first-order valence-electron chi connectivity index (χ1n) is 7.35. The molecule has 0 unspecified atom stereocenters. The molecule has 0 aliphatic rings. The highest BCUT2D eigenvalue weighted by Crippen LogP contribution is 2.18. The standard InChI is InChI=1S/C18H21NO3/c1-13(2)11-12-22-19-18(14-3-7-16(20)8-4-14)15-5-9-17(21)10-6-15/h3-10,13,20-21H,11-12H2,1-2H3. The topological polar surface area (TPSA) is 62.0 Å². The Morgan fingerprint density at radius 3 is 1.77 bits per heavy atom. The summed E-state index contributed by atoms with van der Waals surface area (Å²) in [6, 6.07) is 13.6. The van der Waals surface area contributed by atoms with Crippen LogP contribution in [0.1, 0.15) is 31.4 Å². The van der Waals surface area contributed by atoms with Crippen LogP contribution in [-0.2, 0) is 4.84 Å². The van der Waals surface area contributed by atoms with E-state index in [1.54, 1.807) is 48.5 Å². The van der Waals surface area contributed by atoms with E-state index in [-0.39, 0.29) is 11.5 Å². The van der Waals surface area contributed by atoms with Gasteiger partial charge in [-0.3, -0.25) is 0 Å². The fourth-order valence-electron chi connectivity index (χ4n) is 1.91. The molecule has 2 N–H and O–H groups in total. The molecule has 2 aromatic carbocycles. The number of phenolic OH excluding ortho intramolecular Hbond substituents is 2. The fraction of sp³-hybridized carbons (Fsp3) is 0.278. The molecule has 0 heterocycles. The van der Waals surface area contributed by atoms with E-state index in [2.05, 4.69) is 19.0 Å². The molecule has 0 saturated heterocycles. The summed E-state index contributed by atoms with van der Waals surface area (Å²) in [5, 5.41) is 23.1. The number of aromatic hydroxyl groups is 2. The zero-order valence-electron chi connectivity index (χ0n) is 12.9. The van der Waals surface area contributed by atoms with Crippen LogP contribution in [-0.4, -0.2) is 22.5 Å². The minimum absolute atomic E-state index is 0.203. The van der Waals surface area contributed by atoms with Crippen LogP contribution in [0.2, 0.25) is 0 Å². The third-order valence-corrected chi connectivity index (χ3v) is 3.22. The lowest BCUT2D eigenvalue weighted by Crippen LogP contribution is -2.05. The van der Waals surface area contributed by atoms with Crippen molar-refractivity contribution in [3.05, 3.63) is 59.7 Å². The van der Waals surface area contributed by atoms with Crippen LogP contribution < -0.4 is 0 Å². The van der Waals surface area contributed by atoms with E-state index >= 15 is 0 Å². The van der Waals surface area contributed by atoms with Crippen molar-refractivity contribution in [1.29, 1.82) is 0 Å². The predicted octanol–water partition coefficient (Wildman–Crippen LogP) is 3.91. The Bertz CT molecular complexity index is 568. The number of nitrogens with zero attached hydrogens (tertiary/aromatic N) is 1. The maximum Gasteiger partial charge on any atom is 0.117 e. The van der Waals surface area contributed by atoms with Gasteiger partial charge in [0.25, 0.3) is 0 Å². The highest BCUT2D eigenvalue weighted by atomic mass is 16.6. The van der Waals surface area contributed by atoms with Crippen molar-refractivity contribution in [2.24, 2.45) is 11.1 Å². The van der Waals surface area contributed by atoms with Crippen molar-refractivity contribution in [1.82, 2.24) is 0 Å². The quantitative estimate of drug-likeness (QED) is 0.483. The molecular formula is C18H21NO3. The van der Waals surface area contributed by atoms with E-state index in [0.717, 1.165) is 17.5 Å². The van der Waals surface area contributed by atoms with Gasteiger partial charge in [0.1, 0.15) is 23.8 Å². The molecule has 0 saturated carbocycles. The molecule has 0 spiro atoms. The van der Waals surface area contributed by atoms with Crippen molar-refractivity contribution in [2.45, 2.75) is 20.3 Å². The highest BCUT2D eigenvalue weighted by molar-refractivity contribution is 6.12. The molecule has 4 nitrogen and oxygen atoms in total. The Balaban J connectivity index is 2.25. The molecule has 2 aromatic rings. The highest BCUT2D eigenvalue weighted by Gasteiger charge is 2.08. The molecule has 4 heteroatoms. The average molecular weight is 299 g/mol. The van der Waals surface area contributed by atoms with Gasteiger partial charge in [0.2, 0.25) is 0 Å². The van der Waals surface area contributed by atoms with E-state index in [4.69, 9.17) is 4.84 Å². The monoisotopic (exact) mass is 299 g/mol. The Labute approximate surface area is 130 Å². The van der Waals surface area contributed by atoms with Crippen molar-refractivity contribution in [3.63, 3.8) is 0 Å². The second kappa shape index (κ2) is 7.50. The van der Waals surface area contributed by atoms with Crippen LogP contribution >= 0.6 is 0 Å². The molecule has 116 valence electrons. The molecule has 0 amide bonds. The van der Waals surface area contributed by atoms with Crippen LogP contribution in [0.15, 0.2) is 53.7 Å². The molecule has 0 bridgehead atoms. The summed E-state index contributed by atoms with van der Waals surface area (Å²) in [4.78, 5) is 5.44. The molecule has 0 atom stereocenters. The summed E-state index contributed by atoms with van der Waals surface area (Å²) < 4.78 is 0. The Morgan fingerprint density at radius 1 is 0.909 bits per heavy atom. The molecule has 0 fully saturated rings. The molecule has 0 aliphatic heterocycles. The maximum atomic E-state index is 9.42. The van der Waals surface area contributed by atoms with Crippen molar-refractivity contribution >= 4 is 5.71 Å². The Hall–Kier alpha value is -2.49. The van der Waals surface area contributed by atoms with Crippen molar-refractivity contribution in [3.8, 4) is 11.5 Å². The summed E-state index contributed by atoms with van der Waals surface area (Å²) in [6.07, 6.45) is 0.932. The molecule has 22 heavy (non-hydrogen) atoms. The average Bonchev–Trinajstić information content (AvgIpc) is 2.50. The van der Waals surface area contributed by atoms with Crippen LogP contribution in [0.25, 0.3) is 0 Å². The minimum Gasteiger partial charge on any atom is -0.508 e. The van der Waals surface area contributed by atoms with E-state index in [9.17, 15) is 10.2 Å². The van der Waals surface area contributed by atoms with Gasteiger partial charge in [-0.1, -0.05) is 19.0 Å². The molecular weight excluding hydrogens is 278 g/mol. The third-order valence-electron chi connectivity index (χ3n) is 3.22. The SMILES string of the molecule is CC(C)CCON=C(c1ccc(O)cc1)c1ccc(O)cc1. The van der Waals surface area contributed by atoms with Crippen molar-refractivity contribution in [2.75, 3.05) is 6.61 Å². The van der Waals surface area contributed by atoms with Gasteiger partial charge in [-0.05, 0) is 60.9 Å². The number of hydrogen-bond donors (Lipinski definition) is 2. The summed E-state index contributed by atoms with van der Waals surface area (Å²) in [7, 11) is 0. The normalized spacial score (nSPS) is 10.5.